The highest BCUT2D eigenvalue weighted by molar-refractivity contribution is 6.30. The molecular weight excluding hydrogens is 387 g/mol. The number of hydrogen-bond donors (Lipinski definition) is 1. The van der Waals surface area contributed by atoms with Gasteiger partial charge in [0.15, 0.2) is 0 Å². The molecule has 0 bridgehead atoms. The first kappa shape index (κ1) is 21.5. The third-order valence-corrected chi connectivity index (χ3v) is 4.50. The molecule has 27 heavy (non-hydrogen) atoms. The number of para-hydroxylation sites is 1. The van der Waals surface area contributed by atoms with E-state index in [4.69, 9.17) is 21.1 Å². The Morgan fingerprint density at radius 2 is 1.96 bits per heavy atom. The normalized spacial score (nSPS) is 16.5. The van der Waals surface area contributed by atoms with Gasteiger partial charge in [0, 0.05) is 24.7 Å². The first-order valence-corrected chi connectivity index (χ1v) is 9.13. The Balaban J connectivity index is 0.00000261. The molecule has 146 valence electrons. The highest BCUT2D eigenvalue weighted by Crippen LogP contribution is 2.24. The lowest BCUT2D eigenvalue weighted by Crippen LogP contribution is -2.49. The van der Waals surface area contributed by atoms with Gasteiger partial charge < -0.3 is 19.7 Å². The van der Waals surface area contributed by atoms with Crippen molar-refractivity contribution < 1.29 is 14.3 Å². The molecule has 3 rings (SSSR count). The van der Waals surface area contributed by atoms with Crippen molar-refractivity contribution in [3.05, 3.63) is 65.2 Å². The van der Waals surface area contributed by atoms with Gasteiger partial charge in [-0.25, -0.2) is 0 Å². The van der Waals surface area contributed by atoms with Gasteiger partial charge in [0.1, 0.15) is 19.0 Å². The molecule has 1 saturated heterocycles. The number of piperazine rings is 1. The van der Waals surface area contributed by atoms with Crippen LogP contribution in [-0.4, -0.2) is 50.3 Å². The highest BCUT2D eigenvalue weighted by Gasteiger charge is 2.27. The molecule has 1 aliphatic heterocycles. The Hall–Kier alpha value is -1.79. The van der Waals surface area contributed by atoms with Crippen molar-refractivity contribution in [2.75, 3.05) is 39.5 Å². The Kier molecular flexibility index (Phi) is 8.88. The van der Waals surface area contributed by atoms with Crippen LogP contribution in [0.1, 0.15) is 11.6 Å². The van der Waals surface area contributed by atoms with Gasteiger partial charge in [0.25, 0.3) is 0 Å². The number of benzene rings is 2. The van der Waals surface area contributed by atoms with Crippen LogP contribution in [0.25, 0.3) is 0 Å². The summed E-state index contributed by atoms with van der Waals surface area (Å²) in [7, 11) is 0. The van der Waals surface area contributed by atoms with Gasteiger partial charge in [-0.3, -0.25) is 4.79 Å². The third kappa shape index (κ3) is 6.40. The lowest BCUT2D eigenvalue weighted by atomic mass is 10.0. The van der Waals surface area contributed by atoms with E-state index in [9.17, 15) is 4.79 Å². The van der Waals surface area contributed by atoms with Crippen molar-refractivity contribution in [2.24, 2.45) is 0 Å². The summed E-state index contributed by atoms with van der Waals surface area (Å²) < 4.78 is 11.1. The molecule has 1 heterocycles. The summed E-state index contributed by atoms with van der Waals surface area (Å²) in [6, 6.07) is 17.2. The van der Waals surface area contributed by atoms with Gasteiger partial charge in [0.05, 0.1) is 12.6 Å². The van der Waals surface area contributed by atoms with Crippen LogP contribution in [0.15, 0.2) is 54.6 Å². The molecule has 5 nitrogen and oxygen atoms in total. The second-order valence-electron chi connectivity index (χ2n) is 6.08. The standard InChI is InChI=1S/C20H23ClN2O3.ClH/c21-17-6-4-5-16(13-17)19-14-22-9-10-23(19)20(24)15-25-11-12-26-18-7-2-1-3-8-18;/h1-8,13,19,22H,9-12,14-15H2;1H. The molecule has 1 aliphatic rings. The second kappa shape index (κ2) is 11.1. The summed E-state index contributed by atoms with van der Waals surface area (Å²) in [6.07, 6.45) is 0. The molecule has 0 saturated carbocycles. The number of nitrogens with zero attached hydrogens (tertiary/aromatic N) is 1. The van der Waals surface area contributed by atoms with Crippen LogP contribution in [-0.2, 0) is 9.53 Å². The number of nitrogens with one attached hydrogen (secondary N) is 1. The van der Waals surface area contributed by atoms with Gasteiger partial charge in [-0.2, -0.15) is 0 Å². The average Bonchev–Trinajstić information content (AvgIpc) is 2.68. The van der Waals surface area contributed by atoms with Crippen molar-refractivity contribution in [1.29, 1.82) is 0 Å². The van der Waals surface area contributed by atoms with Crippen LogP contribution in [0.4, 0.5) is 0 Å². The first-order chi connectivity index (χ1) is 12.7. The topological polar surface area (TPSA) is 50.8 Å². The van der Waals surface area contributed by atoms with E-state index in [1.54, 1.807) is 0 Å². The Morgan fingerprint density at radius 3 is 2.74 bits per heavy atom. The maximum Gasteiger partial charge on any atom is 0.249 e. The maximum atomic E-state index is 12.6. The van der Waals surface area contributed by atoms with E-state index in [-0.39, 0.29) is 31.0 Å². The average molecular weight is 411 g/mol. The maximum absolute atomic E-state index is 12.6. The van der Waals surface area contributed by atoms with Gasteiger partial charge in [-0.1, -0.05) is 41.9 Å². The summed E-state index contributed by atoms with van der Waals surface area (Å²) in [5.41, 5.74) is 1.03. The molecule has 7 heteroatoms. The largest absolute Gasteiger partial charge is 0.491 e. The van der Waals surface area contributed by atoms with Crippen molar-refractivity contribution in [3.8, 4) is 5.75 Å². The van der Waals surface area contributed by atoms with Gasteiger partial charge in [-0.15, -0.1) is 12.4 Å². The van der Waals surface area contributed by atoms with Crippen molar-refractivity contribution in [1.82, 2.24) is 10.2 Å². The molecule has 2 aromatic rings. The van der Waals surface area contributed by atoms with E-state index in [1.165, 1.54) is 0 Å². The first-order valence-electron chi connectivity index (χ1n) is 8.75. The molecule has 1 amide bonds. The van der Waals surface area contributed by atoms with Gasteiger partial charge in [-0.05, 0) is 29.8 Å². The molecule has 1 N–H and O–H groups in total. The number of halogens is 2. The fourth-order valence-corrected chi connectivity index (χ4v) is 3.19. The summed E-state index contributed by atoms with van der Waals surface area (Å²) in [4.78, 5) is 14.5. The Morgan fingerprint density at radius 1 is 1.15 bits per heavy atom. The minimum atomic E-state index is -0.0286. The number of carbonyl (C=O) groups excluding carboxylic acids is 1. The van der Waals surface area contributed by atoms with Crippen LogP contribution < -0.4 is 10.1 Å². The molecule has 0 aromatic heterocycles. The van der Waals surface area contributed by atoms with Gasteiger partial charge in [0.2, 0.25) is 5.91 Å². The molecule has 0 aliphatic carbocycles. The van der Waals surface area contributed by atoms with Crippen LogP contribution in [0.5, 0.6) is 5.75 Å². The number of hydrogen-bond acceptors (Lipinski definition) is 4. The number of carbonyl (C=O) groups is 1. The van der Waals surface area contributed by atoms with Crippen LogP contribution in [0.3, 0.4) is 0 Å². The molecule has 1 atom stereocenters. The van der Waals surface area contributed by atoms with Crippen molar-refractivity contribution >= 4 is 29.9 Å². The van der Waals surface area contributed by atoms with Crippen LogP contribution in [0, 0.1) is 0 Å². The second-order valence-corrected chi connectivity index (χ2v) is 6.51. The summed E-state index contributed by atoms with van der Waals surface area (Å²) >= 11 is 6.10. The summed E-state index contributed by atoms with van der Waals surface area (Å²) in [5, 5.41) is 4.01. The van der Waals surface area contributed by atoms with Crippen molar-refractivity contribution in [2.45, 2.75) is 6.04 Å². The van der Waals surface area contributed by atoms with E-state index < -0.39 is 0 Å². The predicted octanol–water partition coefficient (Wildman–Crippen LogP) is 3.33. The molecule has 2 aromatic carbocycles. The van der Waals surface area contributed by atoms with Crippen molar-refractivity contribution in [3.63, 3.8) is 0 Å². The third-order valence-electron chi connectivity index (χ3n) is 4.26. The van der Waals surface area contributed by atoms with E-state index in [0.717, 1.165) is 17.9 Å². The molecular formula is C20H24Cl2N2O3. The minimum Gasteiger partial charge on any atom is -0.491 e. The Labute approximate surface area is 171 Å². The number of ether oxygens (including phenoxy) is 2. The van der Waals surface area contributed by atoms with E-state index in [2.05, 4.69) is 5.32 Å². The lowest BCUT2D eigenvalue weighted by Gasteiger charge is -2.36. The summed E-state index contributed by atoms with van der Waals surface area (Å²) in [5.74, 6) is 0.779. The van der Waals surface area contributed by atoms with Gasteiger partial charge >= 0.3 is 0 Å². The monoisotopic (exact) mass is 410 g/mol. The fraction of sp³-hybridized carbons (Fsp3) is 0.350. The quantitative estimate of drug-likeness (QED) is 0.711. The molecule has 0 radical (unpaired) electrons. The van der Waals surface area contributed by atoms with E-state index in [1.807, 2.05) is 59.5 Å². The fourth-order valence-electron chi connectivity index (χ4n) is 2.99. The zero-order valence-electron chi connectivity index (χ0n) is 15.0. The Bertz CT molecular complexity index is 715. The number of amides is 1. The van der Waals surface area contributed by atoms with E-state index in [0.29, 0.717) is 31.3 Å². The summed E-state index contributed by atoms with van der Waals surface area (Å²) in [6.45, 7) is 2.98. The molecule has 0 spiro atoms. The lowest BCUT2D eigenvalue weighted by molar-refractivity contribution is -0.139. The van der Waals surface area contributed by atoms with E-state index >= 15 is 0 Å². The minimum absolute atomic E-state index is 0. The smallest absolute Gasteiger partial charge is 0.249 e. The molecule has 1 unspecified atom stereocenters. The van der Waals surface area contributed by atoms with Crippen LogP contribution >= 0.6 is 24.0 Å². The molecule has 1 fully saturated rings. The zero-order valence-corrected chi connectivity index (χ0v) is 16.5. The number of rotatable bonds is 7. The SMILES string of the molecule is Cl.O=C(COCCOc1ccccc1)N1CCNCC1c1cccc(Cl)c1. The highest BCUT2D eigenvalue weighted by atomic mass is 35.5. The van der Waals surface area contributed by atoms with Crippen LogP contribution in [0.2, 0.25) is 5.02 Å². The zero-order chi connectivity index (χ0) is 18.2. The predicted molar refractivity (Wildman–Crippen MR) is 109 cm³/mol.